The molecule has 0 atom stereocenters. The number of thiophene rings is 1. The third-order valence-electron chi connectivity index (χ3n) is 2.93. The predicted molar refractivity (Wildman–Crippen MR) is 80.4 cm³/mol. The number of benzene rings is 1. The van der Waals surface area contributed by atoms with Gasteiger partial charge in [0.25, 0.3) is 5.91 Å². The Labute approximate surface area is 125 Å². The zero-order valence-electron chi connectivity index (χ0n) is 10.6. The number of ether oxygens (including phenoxy) is 1. The molecule has 1 aliphatic rings. The second-order valence-corrected chi connectivity index (χ2v) is 6.28. The van der Waals surface area contributed by atoms with Crippen LogP contribution in [0.4, 0.5) is 5.69 Å². The summed E-state index contributed by atoms with van der Waals surface area (Å²) in [5.41, 5.74) is 1.83. The summed E-state index contributed by atoms with van der Waals surface area (Å²) < 4.78 is 6.12. The summed E-state index contributed by atoms with van der Waals surface area (Å²) >= 11 is 7.46. The van der Waals surface area contributed by atoms with Crippen LogP contribution in [0.25, 0.3) is 0 Å². The predicted octanol–water partition coefficient (Wildman–Crippen LogP) is 3.02. The first kappa shape index (κ1) is 13.4. The fourth-order valence-electron chi connectivity index (χ4n) is 2.02. The lowest BCUT2D eigenvalue weighted by atomic mass is 10.1. The van der Waals surface area contributed by atoms with Gasteiger partial charge in [-0.25, -0.2) is 0 Å². The zero-order chi connectivity index (χ0) is 13.9. The Morgan fingerprint density at radius 2 is 2.20 bits per heavy atom. The molecule has 1 aliphatic heterocycles. The molecule has 1 amide bonds. The van der Waals surface area contributed by atoms with E-state index in [2.05, 4.69) is 10.6 Å². The molecular formula is C14H13ClN2O2S. The van der Waals surface area contributed by atoms with Crippen molar-refractivity contribution < 1.29 is 9.53 Å². The molecule has 0 saturated heterocycles. The first-order chi connectivity index (χ1) is 9.70. The van der Waals surface area contributed by atoms with Gasteiger partial charge < -0.3 is 15.4 Å². The lowest BCUT2D eigenvalue weighted by Gasteiger charge is -2.18. The van der Waals surface area contributed by atoms with E-state index in [4.69, 9.17) is 16.3 Å². The van der Waals surface area contributed by atoms with E-state index in [0.717, 1.165) is 34.4 Å². The Hall–Kier alpha value is -1.56. The van der Waals surface area contributed by atoms with E-state index in [1.54, 1.807) is 11.3 Å². The molecule has 2 heterocycles. The van der Waals surface area contributed by atoms with Crippen molar-refractivity contribution in [3.63, 3.8) is 0 Å². The molecular weight excluding hydrogens is 296 g/mol. The molecule has 0 aliphatic carbocycles. The van der Waals surface area contributed by atoms with Crippen LogP contribution in [0.1, 0.15) is 10.4 Å². The monoisotopic (exact) mass is 308 g/mol. The van der Waals surface area contributed by atoms with Crippen molar-refractivity contribution in [1.29, 1.82) is 0 Å². The highest BCUT2D eigenvalue weighted by molar-refractivity contribution is 7.16. The number of amides is 1. The molecule has 6 heteroatoms. The standard InChI is InChI=1S/C14H13ClN2O2S/c15-13-4-2-10(20-13)7-16-6-9-1-3-12-11(5-9)17-14(18)8-19-12/h1-5,16H,6-8H2,(H,17,18). The molecule has 0 saturated carbocycles. The molecule has 4 nitrogen and oxygen atoms in total. The van der Waals surface area contributed by atoms with E-state index in [1.165, 1.54) is 4.88 Å². The van der Waals surface area contributed by atoms with E-state index in [1.807, 2.05) is 30.3 Å². The first-order valence-corrected chi connectivity index (χ1v) is 7.41. The minimum atomic E-state index is -0.115. The van der Waals surface area contributed by atoms with Gasteiger partial charge in [0.2, 0.25) is 0 Å². The Morgan fingerprint density at radius 3 is 3.00 bits per heavy atom. The maximum Gasteiger partial charge on any atom is 0.262 e. The number of nitrogens with one attached hydrogen (secondary N) is 2. The van der Waals surface area contributed by atoms with Crippen molar-refractivity contribution in [3.8, 4) is 5.75 Å². The van der Waals surface area contributed by atoms with Crippen molar-refractivity contribution >= 4 is 34.5 Å². The highest BCUT2D eigenvalue weighted by atomic mass is 35.5. The van der Waals surface area contributed by atoms with E-state index >= 15 is 0 Å². The van der Waals surface area contributed by atoms with Crippen LogP contribution in [-0.4, -0.2) is 12.5 Å². The molecule has 1 aromatic carbocycles. The minimum absolute atomic E-state index is 0.0870. The molecule has 0 spiro atoms. The fourth-order valence-corrected chi connectivity index (χ4v) is 3.07. The maximum absolute atomic E-state index is 11.3. The zero-order valence-corrected chi connectivity index (χ0v) is 12.2. The maximum atomic E-state index is 11.3. The molecule has 0 bridgehead atoms. The highest BCUT2D eigenvalue weighted by Crippen LogP contribution is 2.28. The van der Waals surface area contributed by atoms with Gasteiger partial charge in [0.1, 0.15) is 5.75 Å². The minimum Gasteiger partial charge on any atom is -0.482 e. The van der Waals surface area contributed by atoms with E-state index in [-0.39, 0.29) is 12.5 Å². The topological polar surface area (TPSA) is 50.4 Å². The molecule has 0 fully saturated rings. The number of carbonyl (C=O) groups is 1. The lowest BCUT2D eigenvalue weighted by molar-refractivity contribution is -0.118. The van der Waals surface area contributed by atoms with E-state index in [9.17, 15) is 4.79 Å². The van der Waals surface area contributed by atoms with Crippen LogP contribution in [0.3, 0.4) is 0 Å². The molecule has 0 radical (unpaired) electrons. The number of hydrogen-bond acceptors (Lipinski definition) is 4. The van der Waals surface area contributed by atoms with Gasteiger partial charge in [-0.15, -0.1) is 11.3 Å². The Balaban J connectivity index is 1.60. The summed E-state index contributed by atoms with van der Waals surface area (Å²) in [4.78, 5) is 12.5. The molecule has 1 aromatic heterocycles. The Bertz CT molecular complexity index is 642. The number of carbonyl (C=O) groups excluding carboxylic acids is 1. The third-order valence-corrected chi connectivity index (χ3v) is 4.17. The van der Waals surface area contributed by atoms with E-state index in [0.29, 0.717) is 0 Å². The molecule has 104 valence electrons. The second kappa shape index (κ2) is 5.83. The first-order valence-electron chi connectivity index (χ1n) is 6.21. The van der Waals surface area contributed by atoms with Crippen molar-refractivity contribution in [2.24, 2.45) is 0 Å². The Kier molecular flexibility index (Phi) is 3.91. The average molecular weight is 309 g/mol. The molecule has 2 N–H and O–H groups in total. The summed E-state index contributed by atoms with van der Waals surface area (Å²) in [6, 6.07) is 9.72. The molecule has 2 aromatic rings. The van der Waals surface area contributed by atoms with Gasteiger partial charge in [0.15, 0.2) is 6.61 Å². The number of hydrogen-bond donors (Lipinski definition) is 2. The number of anilines is 1. The van der Waals surface area contributed by atoms with Crippen LogP contribution < -0.4 is 15.4 Å². The second-order valence-electron chi connectivity index (χ2n) is 4.48. The molecule has 20 heavy (non-hydrogen) atoms. The SMILES string of the molecule is O=C1COc2ccc(CNCc3ccc(Cl)s3)cc2N1. The van der Waals surface area contributed by atoms with Gasteiger partial charge >= 0.3 is 0 Å². The van der Waals surface area contributed by atoms with Gasteiger partial charge in [0.05, 0.1) is 10.0 Å². The van der Waals surface area contributed by atoms with Crippen LogP contribution in [0.15, 0.2) is 30.3 Å². The Morgan fingerprint density at radius 1 is 1.30 bits per heavy atom. The van der Waals surface area contributed by atoms with Crippen LogP contribution in [0.2, 0.25) is 4.34 Å². The van der Waals surface area contributed by atoms with Crippen molar-refractivity contribution in [2.75, 3.05) is 11.9 Å². The molecule has 3 rings (SSSR count). The van der Waals surface area contributed by atoms with Gasteiger partial charge in [-0.3, -0.25) is 4.79 Å². The van der Waals surface area contributed by atoms with Crippen LogP contribution in [0.5, 0.6) is 5.75 Å². The van der Waals surface area contributed by atoms with Crippen LogP contribution in [-0.2, 0) is 17.9 Å². The van der Waals surface area contributed by atoms with Gasteiger partial charge in [-0.2, -0.15) is 0 Å². The number of rotatable bonds is 4. The van der Waals surface area contributed by atoms with Gasteiger partial charge in [-0.05, 0) is 29.8 Å². The number of fused-ring (bicyclic) bond motifs is 1. The summed E-state index contributed by atoms with van der Waals surface area (Å²) in [7, 11) is 0. The summed E-state index contributed by atoms with van der Waals surface area (Å²) in [5.74, 6) is 0.606. The largest absolute Gasteiger partial charge is 0.482 e. The average Bonchev–Trinajstić information content (AvgIpc) is 2.84. The van der Waals surface area contributed by atoms with Crippen LogP contribution >= 0.6 is 22.9 Å². The summed E-state index contributed by atoms with van der Waals surface area (Å²) in [6.45, 7) is 1.58. The van der Waals surface area contributed by atoms with Crippen molar-refractivity contribution in [3.05, 3.63) is 45.1 Å². The van der Waals surface area contributed by atoms with Crippen LogP contribution in [0, 0.1) is 0 Å². The van der Waals surface area contributed by atoms with Gasteiger partial charge in [0, 0.05) is 18.0 Å². The van der Waals surface area contributed by atoms with Crippen molar-refractivity contribution in [2.45, 2.75) is 13.1 Å². The van der Waals surface area contributed by atoms with Gasteiger partial charge in [-0.1, -0.05) is 17.7 Å². The third kappa shape index (κ3) is 3.12. The van der Waals surface area contributed by atoms with E-state index < -0.39 is 0 Å². The fraction of sp³-hybridized carbons (Fsp3) is 0.214. The number of halogens is 1. The van der Waals surface area contributed by atoms with Crippen molar-refractivity contribution in [1.82, 2.24) is 5.32 Å². The summed E-state index contributed by atoms with van der Waals surface area (Å²) in [6.07, 6.45) is 0. The lowest BCUT2D eigenvalue weighted by Crippen LogP contribution is -2.25. The highest BCUT2D eigenvalue weighted by Gasteiger charge is 2.15. The summed E-state index contributed by atoms with van der Waals surface area (Å²) in [5, 5.41) is 6.15. The normalized spacial score (nSPS) is 13.6. The quantitative estimate of drug-likeness (QED) is 0.913. The molecule has 0 unspecified atom stereocenters. The smallest absolute Gasteiger partial charge is 0.262 e.